The van der Waals surface area contributed by atoms with E-state index in [4.69, 9.17) is 5.84 Å². The number of unbranched alkanes of at least 4 members (excludes halogenated alkanes) is 8. The van der Waals surface area contributed by atoms with Gasteiger partial charge in [-0.25, -0.2) is 0 Å². The molecule has 0 unspecified atom stereocenters. The summed E-state index contributed by atoms with van der Waals surface area (Å²) in [7, 11) is 0. The zero-order valence-electron chi connectivity index (χ0n) is 13.1. The molecular formula is C18H32N2. The molecule has 0 bridgehead atoms. The standard InChI is InChI=1S/C18H32N2/c1-2-3-4-5-6-7-8-9-13-16-18(20-19)17-14-11-10-12-15-17/h10-12,14-15,18,20H,2-9,13,16,19H2,1H3/t18-/m0/s1. The van der Waals surface area contributed by atoms with Crippen LogP contribution >= 0.6 is 0 Å². The molecule has 1 atom stereocenters. The van der Waals surface area contributed by atoms with E-state index >= 15 is 0 Å². The van der Waals surface area contributed by atoms with Crippen molar-refractivity contribution in [2.45, 2.75) is 77.2 Å². The molecule has 0 aliphatic carbocycles. The summed E-state index contributed by atoms with van der Waals surface area (Å²) in [4.78, 5) is 0. The third-order valence-corrected chi connectivity index (χ3v) is 4.00. The summed E-state index contributed by atoms with van der Waals surface area (Å²) in [6.45, 7) is 2.27. The van der Waals surface area contributed by atoms with Crippen LogP contribution in [0.3, 0.4) is 0 Å². The monoisotopic (exact) mass is 276 g/mol. The van der Waals surface area contributed by atoms with Crippen LogP contribution in [0, 0.1) is 0 Å². The van der Waals surface area contributed by atoms with E-state index in [2.05, 4.69) is 42.7 Å². The van der Waals surface area contributed by atoms with E-state index in [0.717, 1.165) is 6.42 Å². The maximum absolute atomic E-state index is 5.66. The van der Waals surface area contributed by atoms with E-state index in [1.807, 2.05) is 0 Å². The molecule has 0 aliphatic rings. The second-order valence-corrected chi connectivity index (χ2v) is 5.75. The highest BCUT2D eigenvalue weighted by Gasteiger charge is 2.07. The molecule has 1 aromatic rings. The summed E-state index contributed by atoms with van der Waals surface area (Å²) in [6, 6.07) is 10.8. The van der Waals surface area contributed by atoms with Crippen molar-refractivity contribution in [1.82, 2.24) is 5.43 Å². The number of nitrogens with two attached hydrogens (primary N) is 1. The van der Waals surface area contributed by atoms with Crippen LogP contribution in [-0.4, -0.2) is 0 Å². The lowest BCUT2D eigenvalue weighted by Gasteiger charge is -2.16. The Bertz CT molecular complexity index is 310. The minimum Gasteiger partial charge on any atom is -0.271 e. The van der Waals surface area contributed by atoms with Crippen molar-refractivity contribution in [2.24, 2.45) is 5.84 Å². The smallest absolute Gasteiger partial charge is 0.0460 e. The third-order valence-electron chi connectivity index (χ3n) is 4.00. The Balaban J connectivity index is 2.02. The first-order chi connectivity index (χ1) is 9.88. The molecule has 2 nitrogen and oxygen atoms in total. The molecule has 0 heterocycles. The molecule has 2 heteroatoms. The quantitative estimate of drug-likeness (QED) is 0.316. The lowest BCUT2D eigenvalue weighted by atomic mass is 10.00. The first kappa shape index (κ1) is 17.2. The molecular weight excluding hydrogens is 244 g/mol. The van der Waals surface area contributed by atoms with Crippen LogP contribution in [0.4, 0.5) is 0 Å². The third kappa shape index (κ3) is 7.66. The molecule has 1 aromatic carbocycles. The van der Waals surface area contributed by atoms with Gasteiger partial charge in [0.2, 0.25) is 0 Å². The first-order valence-electron chi connectivity index (χ1n) is 8.39. The van der Waals surface area contributed by atoms with Gasteiger partial charge in [-0.05, 0) is 12.0 Å². The fraction of sp³-hybridized carbons (Fsp3) is 0.667. The lowest BCUT2D eigenvalue weighted by molar-refractivity contribution is 0.474. The summed E-state index contributed by atoms with van der Waals surface area (Å²) in [5.41, 5.74) is 4.24. The van der Waals surface area contributed by atoms with E-state index in [0.29, 0.717) is 6.04 Å². The Morgan fingerprint density at radius 2 is 1.40 bits per heavy atom. The molecule has 0 fully saturated rings. The van der Waals surface area contributed by atoms with Crippen molar-refractivity contribution in [1.29, 1.82) is 0 Å². The van der Waals surface area contributed by atoms with Crippen molar-refractivity contribution < 1.29 is 0 Å². The molecule has 0 amide bonds. The molecule has 0 saturated carbocycles. The summed E-state index contributed by atoms with van der Waals surface area (Å²) in [6.07, 6.45) is 13.5. The highest BCUT2D eigenvalue weighted by Crippen LogP contribution is 2.19. The predicted octanol–water partition coefficient (Wildman–Crippen LogP) is 5.11. The van der Waals surface area contributed by atoms with Crippen LogP contribution in [-0.2, 0) is 0 Å². The topological polar surface area (TPSA) is 38.0 Å². The SMILES string of the molecule is CCCCCCCCCCC[C@H](NN)c1ccccc1. The van der Waals surface area contributed by atoms with Gasteiger partial charge in [0.05, 0.1) is 0 Å². The van der Waals surface area contributed by atoms with Crippen LogP contribution in [0.15, 0.2) is 30.3 Å². The first-order valence-corrected chi connectivity index (χ1v) is 8.39. The van der Waals surface area contributed by atoms with Gasteiger partial charge in [0.15, 0.2) is 0 Å². The lowest BCUT2D eigenvalue weighted by Crippen LogP contribution is -2.27. The van der Waals surface area contributed by atoms with Crippen molar-refractivity contribution in [3.63, 3.8) is 0 Å². The zero-order chi connectivity index (χ0) is 14.5. The summed E-state index contributed by atoms with van der Waals surface area (Å²) < 4.78 is 0. The molecule has 0 saturated heterocycles. The van der Waals surface area contributed by atoms with Crippen LogP contribution in [0.25, 0.3) is 0 Å². The van der Waals surface area contributed by atoms with E-state index in [9.17, 15) is 0 Å². The van der Waals surface area contributed by atoms with Crippen LogP contribution in [0.2, 0.25) is 0 Å². The van der Waals surface area contributed by atoms with Gasteiger partial charge in [0.25, 0.3) is 0 Å². The van der Waals surface area contributed by atoms with Gasteiger partial charge < -0.3 is 0 Å². The second kappa shape index (κ2) is 11.9. The predicted molar refractivity (Wildman–Crippen MR) is 88.4 cm³/mol. The van der Waals surface area contributed by atoms with Crippen molar-refractivity contribution in [3.8, 4) is 0 Å². The highest BCUT2D eigenvalue weighted by molar-refractivity contribution is 5.18. The van der Waals surface area contributed by atoms with E-state index < -0.39 is 0 Å². The molecule has 1 rings (SSSR count). The molecule has 0 aliphatic heterocycles. The minimum absolute atomic E-state index is 0.306. The summed E-state index contributed by atoms with van der Waals surface area (Å²) in [5, 5.41) is 0. The molecule has 114 valence electrons. The average Bonchev–Trinajstić information content (AvgIpc) is 2.50. The van der Waals surface area contributed by atoms with E-state index in [1.165, 1.54) is 63.4 Å². The van der Waals surface area contributed by atoms with Gasteiger partial charge in [-0.3, -0.25) is 11.3 Å². The fourth-order valence-electron chi connectivity index (χ4n) is 2.69. The van der Waals surface area contributed by atoms with Crippen molar-refractivity contribution in [3.05, 3.63) is 35.9 Å². The maximum atomic E-state index is 5.66. The molecule has 0 radical (unpaired) electrons. The molecule has 0 aromatic heterocycles. The van der Waals surface area contributed by atoms with Gasteiger partial charge in [0.1, 0.15) is 0 Å². The Kier molecular flexibility index (Phi) is 10.3. The number of hydrogen-bond acceptors (Lipinski definition) is 2. The fourth-order valence-corrected chi connectivity index (χ4v) is 2.69. The number of hydrazine groups is 1. The van der Waals surface area contributed by atoms with Crippen molar-refractivity contribution >= 4 is 0 Å². The van der Waals surface area contributed by atoms with E-state index in [-0.39, 0.29) is 0 Å². The number of hydrogen-bond donors (Lipinski definition) is 2. The molecule has 0 spiro atoms. The zero-order valence-corrected chi connectivity index (χ0v) is 13.1. The Morgan fingerprint density at radius 1 is 0.850 bits per heavy atom. The van der Waals surface area contributed by atoms with Crippen LogP contribution < -0.4 is 11.3 Å². The Hall–Kier alpha value is -0.860. The maximum Gasteiger partial charge on any atom is 0.0460 e. The number of benzene rings is 1. The summed E-state index contributed by atoms with van der Waals surface area (Å²) in [5.74, 6) is 5.66. The van der Waals surface area contributed by atoms with Crippen molar-refractivity contribution in [2.75, 3.05) is 0 Å². The Morgan fingerprint density at radius 3 is 1.95 bits per heavy atom. The van der Waals surface area contributed by atoms with Gasteiger partial charge in [-0.1, -0.05) is 95.0 Å². The highest BCUT2D eigenvalue weighted by atomic mass is 15.2. The average molecular weight is 276 g/mol. The molecule has 20 heavy (non-hydrogen) atoms. The van der Waals surface area contributed by atoms with Gasteiger partial charge in [0, 0.05) is 6.04 Å². The van der Waals surface area contributed by atoms with Crippen LogP contribution in [0.5, 0.6) is 0 Å². The van der Waals surface area contributed by atoms with Gasteiger partial charge in [-0.15, -0.1) is 0 Å². The largest absolute Gasteiger partial charge is 0.271 e. The van der Waals surface area contributed by atoms with Crippen LogP contribution in [0.1, 0.15) is 82.7 Å². The minimum atomic E-state index is 0.306. The number of rotatable bonds is 12. The van der Waals surface area contributed by atoms with Gasteiger partial charge >= 0.3 is 0 Å². The van der Waals surface area contributed by atoms with Gasteiger partial charge in [-0.2, -0.15) is 0 Å². The number of nitrogens with one attached hydrogen (secondary N) is 1. The summed E-state index contributed by atoms with van der Waals surface area (Å²) >= 11 is 0. The van der Waals surface area contributed by atoms with E-state index in [1.54, 1.807) is 0 Å². The Labute approximate surface area is 125 Å². The second-order valence-electron chi connectivity index (χ2n) is 5.75. The normalized spacial score (nSPS) is 12.5. The molecule has 3 N–H and O–H groups in total.